The number of ether oxygens (including phenoxy) is 1. The molecule has 2 fully saturated rings. The molecule has 0 saturated carbocycles. The maximum Gasteiger partial charge on any atom is 0.311 e. The first kappa shape index (κ1) is 8.05. The van der Waals surface area contributed by atoms with Crippen molar-refractivity contribution >= 4 is 5.97 Å². The number of carbonyl (C=O) groups excluding carboxylic acids is 1. The normalized spacial score (nSPS) is 46.0. The van der Waals surface area contributed by atoms with E-state index in [9.17, 15) is 4.79 Å². The fourth-order valence-corrected chi connectivity index (χ4v) is 2.37. The summed E-state index contributed by atoms with van der Waals surface area (Å²) in [7, 11) is 0. The van der Waals surface area contributed by atoms with E-state index in [4.69, 9.17) is 4.74 Å². The molecular formula is C9H15NO2. The molecule has 0 aromatic carbocycles. The van der Waals surface area contributed by atoms with Crippen molar-refractivity contribution in [3.05, 3.63) is 0 Å². The van der Waals surface area contributed by atoms with Crippen LogP contribution in [0.2, 0.25) is 0 Å². The number of esters is 1. The molecule has 2 heterocycles. The number of hydrogen-bond donors (Lipinski definition) is 1. The Kier molecular flexibility index (Phi) is 1.65. The van der Waals surface area contributed by atoms with E-state index >= 15 is 0 Å². The lowest BCUT2D eigenvalue weighted by atomic mass is 9.89. The summed E-state index contributed by atoms with van der Waals surface area (Å²) < 4.78 is 5.37. The molecule has 2 aliphatic rings. The van der Waals surface area contributed by atoms with Crippen molar-refractivity contribution in [2.24, 2.45) is 5.92 Å². The van der Waals surface area contributed by atoms with Crippen LogP contribution in [-0.4, -0.2) is 24.2 Å². The summed E-state index contributed by atoms with van der Waals surface area (Å²) in [5.41, 5.74) is -0.211. The summed E-state index contributed by atoms with van der Waals surface area (Å²) in [6.45, 7) is 5.05. The highest BCUT2D eigenvalue weighted by atomic mass is 16.6. The monoisotopic (exact) mass is 169 g/mol. The molecule has 3 unspecified atom stereocenters. The van der Waals surface area contributed by atoms with Crippen molar-refractivity contribution in [3.8, 4) is 0 Å². The number of hydrogen-bond acceptors (Lipinski definition) is 3. The Labute approximate surface area is 72.5 Å². The number of nitrogens with one attached hydrogen (secondary N) is 1. The fourth-order valence-electron chi connectivity index (χ4n) is 2.37. The molecule has 68 valence electrons. The molecule has 3 nitrogen and oxygen atoms in total. The average Bonchev–Trinajstić information content (AvgIpc) is 2.42. The Hall–Kier alpha value is -0.570. The molecule has 0 radical (unpaired) electrons. The first-order valence-electron chi connectivity index (χ1n) is 4.63. The smallest absolute Gasteiger partial charge is 0.311 e. The van der Waals surface area contributed by atoms with Crippen LogP contribution >= 0.6 is 0 Å². The maximum atomic E-state index is 11.4. The van der Waals surface area contributed by atoms with E-state index in [-0.39, 0.29) is 23.5 Å². The summed E-state index contributed by atoms with van der Waals surface area (Å²) in [5.74, 6) is 0.0645. The summed E-state index contributed by atoms with van der Waals surface area (Å²) in [4.78, 5) is 11.4. The first-order chi connectivity index (χ1) is 5.67. The molecule has 2 rings (SSSR count). The lowest BCUT2D eigenvalue weighted by Gasteiger charge is -2.21. The molecule has 3 atom stereocenters. The van der Waals surface area contributed by atoms with E-state index in [0.29, 0.717) is 0 Å². The SMILES string of the molecule is CCC1C(=O)OC2(C)CCNC12. The minimum Gasteiger partial charge on any atom is -0.457 e. The van der Waals surface area contributed by atoms with Crippen molar-refractivity contribution in [2.45, 2.75) is 38.3 Å². The van der Waals surface area contributed by atoms with E-state index in [2.05, 4.69) is 5.32 Å². The maximum absolute atomic E-state index is 11.4. The molecule has 2 aliphatic heterocycles. The lowest BCUT2D eigenvalue weighted by Crippen LogP contribution is -2.39. The van der Waals surface area contributed by atoms with Crippen molar-refractivity contribution in [3.63, 3.8) is 0 Å². The predicted molar refractivity (Wildman–Crippen MR) is 44.7 cm³/mol. The standard InChI is InChI=1S/C9H15NO2/c1-3-6-7-9(2,4-5-10-7)12-8(6)11/h6-7,10H,3-5H2,1-2H3. The van der Waals surface area contributed by atoms with Gasteiger partial charge in [-0.15, -0.1) is 0 Å². The van der Waals surface area contributed by atoms with Crippen LogP contribution in [0.5, 0.6) is 0 Å². The highest BCUT2D eigenvalue weighted by molar-refractivity contribution is 5.77. The van der Waals surface area contributed by atoms with E-state index in [1.165, 1.54) is 0 Å². The van der Waals surface area contributed by atoms with E-state index in [0.717, 1.165) is 19.4 Å². The van der Waals surface area contributed by atoms with Crippen LogP contribution in [0.3, 0.4) is 0 Å². The minimum absolute atomic E-state index is 0.0165. The van der Waals surface area contributed by atoms with Gasteiger partial charge in [-0.2, -0.15) is 0 Å². The summed E-state index contributed by atoms with van der Waals surface area (Å²) >= 11 is 0. The van der Waals surface area contributed by atoms with Gasteiger partial charge in [0, 0.05) is 6.42 Å². The van der Waals surface area contributed by atoms with Gasteiger partial charge in [0.2, 0.25) is 0 Å². The molecule has 0 aliphatic carbocycles. The third kappa shape index (κ3) is 0.891. The number of fused-ring (bicyclic) bond motifs is 1. The van der Waals surface area contributed by atoms with Gasteiger partial charge >= 0.3 is 5.97 Å². The molecule has 0 amide bonds. The van der Waals surface area contributed by atoms with Gasteiger partial charge in [0.25, 0.3) is 0 Å². The summed E-state index contributed by atoms with van der Waals surface area (Å²) in [6, 6.07) is 0.259. The molecule has 0 aromatic heterocycles. The Morgan fingerprint density at radius 2 is 2.50 bits per heavy atom. The number of carbonyl (C=O) groups is 1. The van der Waals surface area contributed by atoms with Crippen molar-refractivity contribution in [1.29, 1.82) is 0 Å². The lowest BCUT2D eigenvalue weighted by molar-refractivity contribution is -0.149. The highest BCUT2D eigenvalue weighted by Gasteiger charge is 2.54. The third-order valence-electron chi connectivity index (χ3n) is 3.12. The largest absolute Gasteiger partial charge is 0.457 e. The van der Waals surface area contributed by atoms with Crippen LogP contribution in [0.15, 0.2) is 0 Å². The second-order valence-electron chi connectivity index (χ2n) is 3.93. The van der Waals surface area contributed by atoms with E-state index in [1.54, 1.807) is 0 Å². The van der Waals surface area contributed by atoms with Crippen LogP contribution in [0.1, 0.15) is 26.7 Å². The van der Waals surface area contributed by atoms with Crippen LogP contribution < -0.4 is 5.32 Å². The van der Waals surface area contributed by atoms with Crippen LogP contribution in [0, 0.1) is 5.92 Å². The molecule has 0 aromatic rings. The summed E-state index contributed by atoms with van der Waals surface area (Å²) in [6.07, 6.45) is 1.84. The molecule has 12 heavy (non-hydrogen) atoms. The van der Waals surface area contributed by atoms with E-state index < -0.39 is 0 Å². The molecule has 3 heteroatoms. The quantitative estimate of drug-likeness (QED) is 0.587. The average molecular weight is 169 g/mol. The first-order valence-corrected chi connectivity index (χ1v) is 4.63. The zero-order valence-electron chi connectivity index (χ0n) is 7.59. The Morgan fingerprint density at radius 3 is 3.17 bits per heavy atom. The Bertz CT molecular complexity index is 217. The van der Waals surface area contributed by atoms with Crippen molar-refractivity contribution in [1.82, 2.24) is 5.32 Å². The molecular weight excluding hydrogens is 154 g/mol. The van der Waals surface area contributed by atoms with Gasteiger partial charge in [0.15, 0.2) is 0 Å². The second kappa shape index (κ2) is 2.46. The zero-order valence-corrected chi connectivity index (χ0v) is 7.59. The van der Waals surface area contributed by atoms with Crippen LogP contribution in [0.25, 0.3) is 0 Å². The molecule has 0 spiro atoms. The van der Waals surface area contributed by atoms with Gasteiger partial charge in [-0.3, -0.25) is 4.79 Å². The van der Waals surface area contributed by atoms with E-state index in [1.807, 2.05) is 13.8 Å². The second-order valence-corrected chi connectivity index (χ2v) is 3.93. The molecule has 0 bridgehead atoms. The van der Waals surface area contributed by atoms with Gasteiger partial charge in [0.1, 0.15) is 5.60 Å². The molecule has 2 saturated heterocycles. The number of rotatable bonds is 1. The van der Waals surface area contributed by atoms with Crippen LogP contribution in [-0.2, 0) is 9.53 Å². The van der Waals surface area contributed by atoms with Crippen LogP contribution in [0.4, 0.5) is 0 Å². The third-order valence-corrected chi connectivity index (χ3v) is 3.12. The van der Waals surface area contributed by atoms with Crippen molar-refractivity contribution in [2.75, 3.05) is 6.54 Å². The fraction of sp³-hybridized carbons (Fsp3) is 0.889. The van der Waals surface area contributed by atoms with Gasteiger partial charge < -0.3 is 10.1 Å². The summed E-state index contributed by atoms with van der Waals surface area (Å²) in [5, 5.41) is 3.34. The van der Waals surface area contributed by atoms with Gasteiger partial charge in [0.05, 0.1) is 12.0 Å². The van der Waals surface area contributed by atoms with Gasteiger partial charge in [-0.1, -0.05) is 6.92 Å². The topological polar surface area (TPSA) is 38.3 Å². The van der Waals surface area contributed by atoms with Crippen molar-refractivity contribution < 1.29 is 9.53 Å². The highest BCUT2D eigenvalue weighted by Crippen LogP contribution is 2.38. The zero-order chi connectivity index (χ0) is 8.77. The van der Waals surface area contributed by atoms with Gasteiger partial charge in [-0.25, -0.2) is 0 Å². The Balaban J connectivity index is 2.24. The van der Waals surface area contributed by atoms with Gasteiger partial charge in [-0.05, 0) is 19.9 Å². The predicted octanol–water partition coefficient (Wildman–Crippen LogP) is 0.690. The molecule has 1 N–H and O–H groups in total. The Morgan fingerprint density at radius 1 is 1.75 bits per heavy atom. The minimum atomic E-state index is -0.211.